The minimum atomic E-state index is 1.12. The summed E-state index contributed by atoms with van der Waals surface area (Å²) in [6.45, 7) is 0. The van der Waals surface area contributed by atoms with Gasteiger partial charge in [0.1, 0.15) is 0 Å². The van der Waals surface area contributed by atoms with E-state index in [1.54, 1.807) is 5.56 Å². The van der Waals surface area contributed by atoms with Gasteiger partial charge >= 0.3 is 0 Å². The molecule has 0 N–H and O–H groups in total. The molecule has 1 heterocycles. The van der Waals surface area contributed by atoms with Crippen molar-refractivity contribution in [3.8, 4) is 39.1 Å². The van der Waals surface area contributed by atoms with Crippen LogP contribution in [-0.2, 0) is 12.8 Å². The van der Waals surface area contributed by atoms with Gasteiger partial charge in [-0.3, -0.25) is 0 Å². The Kier molecular flexibility index (Phi) is 8.15. The number of hydrogen-bond donors (Lipinski definition) is 0. The number of hydrogen-bond acceptors (Lipinski definition) is 1. The highest BCUT2D eigenvalue weighted by atomic mass is 15.1. The van der Waals surface area contributed by atoms with Crippen LogP contribution < -0.4 is 4.90 Å². The number of aromatic nitrogens is 1. The van der Waals surface area contributed by atoms with Gasteiger partial charge in [0.05, 0.1) is 5.52 Å². The van der Waals surface area contributed by atoms with Crippen molar-refractivity contribution in [3.63, 3.8) is 0 Å². The van der Waals surface area contributed by atoms with E-state index in [1.165, 1.54) is 85.7 Å². The van der Waals surface area contributed by atoms with Gasteiger partial charge in [0.2, 0.25) is 0 Å². The molecule has 0 amide bonds. The van der Waals surface area contributed by atoms with Crippen LogP contribution in [-0.4, -0.2) is 4.57 Å². The molecule has 0 radical (unpaired) electrons. The molecule has 0 unspecified atom stereocenters. The van der Waals surface area contributed by atoms with E-state index >= 15 is 0 Å². The van der Waals surface area contributed by atoms with E-state index in [0.29, 0.717) is 0 Å². The third-order valence-electron chi connectivity index (χ3n) is 11.2. The number of anilines is 3. The number of nitrogens with zero attached hydrogens (tertiary/aromatic N) is 2. The number of para-hydroxylation sites is 1. The normalized spacial score (nSPS) is 12.5. The highest BCUT2D eigenvalue weighted by Gasteiger charge is 2.21. The van der Waals surface area contributed by atoms with Crippen LogP contribution in [0.2, 0.25) is 0 Å². The molecule has 8 aromatic carbocycles. The molecule has 1 aliphatic carbocycles. The van der Waals surface area contributed by atoms with E-state index < -0.39 is 0 Å². The van der Waals surface area contributed by atoms with Crippen molar-refractivity contribution in [3.05, 3.63) is 205 Å². The molecule has 258 valence electrons. The Balaban J connectivity index is 0.980. The van der Waals surface area contributed by atoms with Gasteiger partial charge in [-0.1, -0.05) is 133 Å². The number of fused-ring (bicyclic) bond motifs is 4. The molecule has 0 fully saturated rings. The van der Waals surface area contributed by atoms with Crippen LogP contribution in [0.15, 0.2) is 194 Å². The molecule has 9 aromatic rings. The lowest BCUT2D eigenvalue weighted by Gasteiger charge is -2.26. The van der Waals surface area contributed by atoms with Gasteiger partial charge < -0.3 is 9.47 Å². The lowest BCUT2D eigenvalue weighted by Crippen LogP contribution is -2.09. The van der Waals surface area contributed by atoms with Gasteiger partial charge in [0.25, 0.3) is 0 Å². The van der Waals surface area contributed by atoms with Crippen LogP contribution in [0, 0.1) is 0 Å². The predicted octanol–water partition coefficient (Wildman–Crippen LogP) is 14.1. The van der Waals surface area contributed by atoms with Crippen molar-refractivity contribution in [1.29, 1.82) is 0 Å². The molecule has 2 nitrogen and oxygen atoms in total. The Morgan fingerprint density at radius 3 is 1.50 bits per heavy atom. The molecule has 10 rings (SSSR count). The fourth-order valence-electron chi connectivity index (χ4n) is 8.45. The zero-order valence-corrected chi connectivity index (χ0v) is 30.2. The Hall–Kier alpha value is -6.64. The van der Waals surface area contributed by atoms with E-state index in [4.69, 9.17) is 0 Å². The van der Waals surface area contributed by atoms with Crippen LogP contribution >= 0.6 is 0 Å². The van der Waals surface area contributed by atoms with Gasteiger partial charge in [0.15, 0.2) is 0 Å². The SMILES string of the molecule is c1ccc(-c2ccc(N(c3ccc(-c4ccc(-n5c6c(c7ccccc75)CCCC6)cc4)cc3)c3ccc(-c4ccc5ccccc5c4)cc3)cc2)cc1. The van der Waals surface area contributed by atoms with Gasteiger partial charge in [0, 0.05) is 33.8 Å². The quantitative estimate of drug-likeness (QED) is 0.161. The summed E-state index contributed by atoms with van der Waals surface area (Å²) in [7, 11) is 0. The zero-order valence-electron chi connectivity index (χ0n) is 30.2. The van der Waals surface area contributed by atoms with E-state index in [2.05, 4.69) is 204 Å². The van der Waals surface area contributed by atoms with Gasteiger partial charge in [-0.2, -0.15) is 0 Å². The summed E-state index contributed by atoms with van der Waals surface area (Å²) < 4.78 is 2.50. The maximum Gasteiger partial charge on any atom is 0.0534 e. The molecule has 0 bridgehead atoms. The average Bonchev–Trinajstić information content (AvgIpc) is 3.59. The van der Waals surface area contributed by atoms with Gasteiger partial charge in [-0.15, -0.1) is 0 Å². The first kappa shape index (κ1) is 32.0. The summed E-state index contributed by atoms with van der Waals surface area (Å²) in [4.78, 5) is 2.35. The molecular formula is C52H40N2. The number of aryl methyl sites for hydroxylation is 1. The minimum absolute atomic E-state index is 1.12. The molecule has 2 heteroatoms. The van der Waals surface area contributed by atoms with Crippen molar-refractivity contribution in [1.82, 2.24) is 4.57 Å². The molecule has 1 aromatic heterocycles. The van der Waals surface area contributed by atoms with Gasteiger partial charge in [-0.05, 0) is 136 Å². The zero-order chi connectivity index (χ0) is 35.8. The van der Waals surface area contributed by atoms with E-state index in [9.17, 15) is 0 Å². The summed E-state index contributed by atoms with van der Waals surface area (Å²) in [6.07, 6.45) is 4.86. The Labute approximate surface area is 317 Å². The largest absolute Gasteiger partial charge is 0.313 e. The monoisotopic (exact) mass is 692 g/mol. The van der Waals surface area contributed by atoms with Crippen LogP contribution in [0.4, 0.5) is 17.1 Å². The average molecular weight is 693 g/mol. The summed E-state index contributed by atoms with van der Waals surface area (Å²) in [5.74, 6) is 0. The minimum Gasteiger partial charge on any atom is -0.313 e. The standard InChI is InChI=1S/C52H40N2/c1-2-10-37(11-3-1)39-20-28-45(29-21-39)53(47-32-26-42(27-33-47)44-19-18-38-12-4-5-13-43(38)36-44)46-30-22-40(23-31-46)41-24-34-48(35-25-41)54-51-16-8-6-14-49(51)50-15-7-9-17-52(50)54/h1-6,8,10-14,16,18-36H,7,9,15,17H2. The lowest BCUT2D eigenvalue weighted by atomic mass is 9.95. The Bertz CT molecular complexity index is 2720. The van der Waals surface area contributed by atoms with Crippen molar-refractivity contribution in [2.45, 2.75) is 25.7 Å². The maximum absolute atomic E-state index is 2.50. The van der Waals surface area contributed by atoms with Crippen LogP contribution in [0.25, 0.3) is 60.7 Å². The molecule has 1 aliphatic rings. The van der Waals surface area contributed by atoms with Crippen molar-refractivity contribution < 1.29 is 0 Å². The smallest absolute Gasteiger partial charge is 0.0534 e. The summed E-state index contributed by atoms with van der Waals surface area (Å²) in [5, 5.41) is 3.93. The number of rotatable bonds is 7. The Morgan fingerprint density at radius 1 is 0.370 bits per heavy atom. The van der Waals surface area contributed by atoms with Crippen LogP contribution in [0.3, 0.4) is 0 Å². The fraction of sp³-hybridized carbons (Fsp3) is 0.0769. The molecule has 0 saturated heterocycles. The highest BCUT2D eigenvalue weighted by molar-refractivity contribution is 5.89. The van der Waals surface area contributed by atoms with Crippen LogP contribution in [0.1, 0.15) is 24.1 Å². The first-order chi connectivity index (χ1) is 26.8. The first-order valence-corrected chi connectivity index (χ1v) is 19.1. The van der Waals surface area contributed by atoms with Gasteiger partial charge in [-0.25, -0.2) is 0 Å². The third kappa shape index (κ3) is 5.87. The fourth-order valence-corrected chi connectivity index (χ4v) is 8.45. The van der Waals surface area contributed by atoms with Crippen LogP contribution in [0.5, 0.6) is 0 Å². The number of benzene rings is 8. The second-order valence-electron chi connectivity index (χ2n) is 14.4. The summed E-state index contributed by atoms with van der Waals surface area (Å²) in [5.41, 5.74) is 16.2. The molecule has 0 spiro atoms. The first-order valence-electron chi connectivity index (χ1n) is 19.1. The van der Waals surface area contributed by atoms with E-state index in [1.807, 2.05) is 0 Å². The lowest BCUT2D eigenvalue weighted by molar-refractivity contribution is 0.667. The molecule has 0 aliphatic heterocycles. The topological polar surface area (TPSA) is 8.17 Å². The maximum atomic E-state index is 2.50. The second kappa shape index (κ2) is 13.7. The summed E-state index contributed by atoms with van der Waals surface area (Å²) in [6, 6.07) is 70.8. The molecule has 0 saturated carbocycles. The van der Waals surface area contributed by atoms with E-state index in [-0.39, 0.29) is 0 Å². The molecule has 0 atom stereocenters. The predicted molar refractivity (Wildman–Crippen MR) is 228 cm³/mol. The summed E-state index contributed by atoms with van der Waals surface area (Å²) >= 11 is 0. The van der Waals surface area contributed by atoms with Crippen molar-refractivity contribution >= 4 is 38.7 Å². The third-order valence-corrected chi connectivity index (χ3v) is 11.2. The van der Waals surface area contributed by atoms with Crippen molar-refractivity contribution in [2.75, 3.05) is 4.90 Å². The molecule has 54 heavy (non-hydrogen) atoms. The highest BCUT2D eigenvalue weighted by Crippen LogP contribution is 2.39. The second-order valence-corrected chi connectivity index (χ2v) is 14.4. The van der Waals surface area contributed by atoms with E-state index in [0.717, 1.165) is 23.5 Å². The Morgan fingerprint density at radius 2 is 0.852 bits per heavy atom. The van der Waals surface area contributed by atoms with Crippen molar-refractivity contribution in [2.24, 2.45) is 0 Å². The molecular weight excluding hydrogens is 653 g/mol.